The second-order valence-corrected chi connectivity index (χ2v) is 7.01. The summed E-state index contributed by atoms with van der Waals surface area (Å²) >= 11 is 3.87. The minimum Gasteiger partial charge on any atom is -0.344 e. The number of hydrogen-bond acceptors (Lipinski definition) is 5. The van der Waals surface area contributed by atoms with Gasteiger partial charge in [-0.2, -0.15) is 11.8 Å². The Balaban J connectivity index is 1.97. The van der Waals surface area contributed by atoms with Crippen molar-refractivity contribution in [3.8, 4) is 0 Å². The molecule has 5 heteroatoms. The normalized spacial score (nSPS) is 21.2. The maximum absolute atomic E-state index is 4.56. The molecule has 3 nitrogen and oxygen atoms in total. The van der Waals surface area contributed by atoms with E-state index in [0.717, 1.165) is 13.1 Å². The Morgan fingerprint density at radius 1 is 1.59 bits per heavy atom. The van der Waals surface area contributed by atoms with E-state index in [1.54, 1.807) is 0 Å². The first kappa shape index (κ1) is 13.2. The summed E-state index contributed by atoms with van der Waals surface area (Å²) in [5.74, 6) is 2.45. The Bertz CT molecular complexity index is 351. The number of anilines is 1. The van der Waals surface area contributed by atoms with Gasteiger partial charge >= 0.3 is 0 Å². The van der Waals surface area contributed by atoms with Crippen LogP contribution in [0.15, 0.2) is 6.20 Å². The Labute approximate surface area is 112 Å². The zero-order valence-corrected chi connectivity index (χ0v) is 12.4. The number of thioether (sulfide) groups is 1. The molecule has 2 rings (SSSR count). The lowest BCUT2D eigenvalue weighted by Crippen LogP contribution is -2.40. The summed E-state index contributed by atoms with van der Waals surface area (Å²) in [5, 5.41) is 4.63. The van der Waals surface area contributed by atoms with Crippen molar-refractivity contribution in [2.75, 3.05) is 23.0 Å². The maximum Gasteiger partial charge on any atom is 0.185 e. The number of rotatable bonds is 4. The summed E-state index contributed by atoms with van der Waals surface area (Å²) in [6.45, 7) is 8.71. The van der Waals surface area contributed by atoms with Crippen LogP contribution >= 0.6 is 23.1 Å². The van der Waals surface area contributed by atoms with E-state index < -0.39 is 0 Å². The smallest absolute Gasteiger partial charge is 0.185 e. The Hall–Kier alpha value is -0.260. The topological polar surface area (TPSA) is 28.2 Å². The van der Waals surface area contributed by atoms with Gasteiger partial charge in [-0.3, -0.25) is 0 Å². The van der Waals surface area contributed by atoms with Gasteiger partial charge in [-0.25, -0.2) is 4.98 Å². The molecule has 1 aromatic heterocycles. The zero-order chi connectivity index (χ0) is 12.3. The van der Waals surface area contributed by atoms with Crippen molar-refractivity contribution in [3.05, 3.63) is 11.1 Å². The molecule has 0 radical (unpaired) electrons. The summed E-state index contributed by atoms with van der Waals surface area (Å²) in [6, 6.07) is 1.15. The fraction of sp³-hybridized carbons (Fsp3) is 0.750. The largest absolute Gasteiger partial charge is 0.344 e. The highest BCUT2D eigenvalue weighted by atomic mass is 32.2. The lowest BCUT2D eigenvalue weighted by molar-refractivity contribution is 0.593. The highest BCUT2D eigenvalue weighted by Crippen LogP contribution is 2.28. The fourth-order valence-electron chi connectivity index (χ4n) is 1.83. The van der Waals surface area contributed by atoms with Crippen LogP contribution in [-0.4, -0.2) is 35.1 Å². The molecule has 96 valence electrons. The third kappa shape index (κ3) is 3.60. The summed E-state index contributed by atoms with van der Waals surface area (Å²) in [5.41, 5.74) is 0. The molecule has 0 amide bonds. The molecule has 0 aromatic carbocycles. The van der Waals surface area contributed by atoms with Crippen molar-refractivity contribution in [2.24, 2.45) is 0 Å². The van der Waals surface area contributed by atoms with Crippen molar-refractivity contribution in [1.29, 1.82) is 0 Å². The molecule has 1 aromatic rings. The van der Waals surface area contributed by atoms with Crippen molar-refractivity contribution in [2.45, 2.75) is 39.4 Å². The van der Waals surface area contributed by atoms with E-state index in [2.05, 4.69) is 36.0 Å². The maximum atomic E-state index is 4.56. The number of nitrogens with zero attached hydrogens (tertiary/aromatic N) is 2. The van der Waals surface area contributed by atoms with E-state index >= 15 is 0 Å². The monoisotopic (exact) mass is 271 g/mol. The summed E-state index contributed by atoms with van der Waals surface area (Å²) in [7, 11) is 0. The average Bonchev–Trinajstić information content (AvgIpc) is 2.75. The summed E-state index contributed by atoms with van der Waals surface area (Å²) in [6.07, 6.45) is 2.02. The van der Waals surface area contributed by atoms with Crippen LogP contribution in [0.4, 0.5) is 5.13 Å². The molecule has 1 aliphatic rings. The van der Waals surface area contributed by atoms with Gasteiger partial charge in [-0.05, 0) is 6.92 Å². The lowest BCUT2D eigenvalue weighted by Gasteiger charge is -2.32. The molecular weight excluding hydrogens is 250 g/mol. The van der Waals surface area contributed by atoms with Gasteiger partial charge in [-0.15, -0.1) is 11.3 Å². The highest BCUT2D eigenvalue weighted by molar-refractivity contribution is 7.99. The lowest BCUT2D eigenvalue weighted by atomic mass is 10.3. The molecule has 0 spiro atoms. The minimum atomic E-state index is 0.533. The van der Waals surface area contributed by atoms with Crippen molar-refractivity contribution < 1.29 is 0 Å². The van der Waals surface area contributed by atoms with Gasteiger partial charge < -0.3 is 10.2 Å². The SMILES string of the molecule is CC(C)NCc1cnc(N2CCSCC2C)s1. The van der Waals surface area contributed by atoms with Gasteiger partial charge in [0.1, 0.15) is 0 Å². The minimum absolute atomic E-state index is 0.533. The Morgan fingerprint density at radius 3 is 3.12 bits per heavy atom. The van der Waals surface area contributed by atoms with Crippen LogP contribution in [0.2, 0.25) is 0 Å². The standard InChI is InChI=1S/C12H21N3S2/c1-9(2)13-6-11-7-14-12(17-11)15-4-5-16-8-10(15)3/h7,9-10,13H,4-6,8H2,1-3H3. The van der Waals surface area contributed by atoms with Crippen molar-refractivity contribution >= 4 is 28.2 Å². The first-order chi connectivity index (χ1) is 8.16. The van der Waals surface area contributed by atoms with Gasteiger partial charge in [-0.1, -0.05) is 13.8 Å². The highest BCUT2D eigenvalue weighted by Gasteiger charge is 2.21. The number of hydrogen-bond donors (Lipinski definition) is 1. The fourth-order valence-corrected chi connectivity index (χ4v) is 3.83. The molecular formula is C12H21N3S2. The van der Waals surface area contributed by atoms with E-state index in [-0.39, 0.29) is 0 Å². The first-order valence-corrected chi connectivity index (χ1v) is 8.16. The molecule has 2 heterocycles. The van der Waals surface area contributed by atoms with E-state index in [1.165, 1.54) is 21.5 Å². The molecule has 1 unspecified atom stereocenters. The Kier molecular flexibility index (Phi) is 4.70. The van der Waals surface area contributed by atoms with E-state index in [4.69, 9.17) is 0 Å². The molecule has 1 aliphatic heterocycles. The van der Waals surface area contributed by atoms with Gasteiger partial charge in [0, 0.05) is 47.8 Å². The predicted molar refractivity (Wildman–Crippen MR) is 78.2 cm³/mol. The van der Waals surface area contributed by atoms with Crippen LogP contribution in [0, 0.1) is 0 Å². The molecule has 0 bridgehead atoms. The average molecular weight is 271 g/mol. The number of aromatic nitrogens is 1. The van der Waals surface area contributed by atoms with Crippen LogP contribution < -0.4 is 10.2 Å². The van der Waals surface area contributed by atoms with Gasteiger partial charge in [0.2, 0.25) is 0 Å². The molecule has 1 saturated heterocycles. The van der Waals surface area contributed by atoms with E-state index in [9.17, 15) is 0 Å². The van der Waals surface area contributed by atoms with E-state index in [1.807, 2.05) is 29.3 Å². The molecule has 1 N–H and O–H groups in total. The van der Waals surface area contributed by atoms with Crippen LogP contribution in [0.3, 0.4) is 0 Å². The molecule has 17 heavy (non-hydrogen) atoms. The van der Waals surface area contributed by atoms with Gasteiger partial charge in [0.05, 0.1) is 0 Å². The van der Waals surface area contributed by atoms with Crippen LogP contribution in [0.25, 0.3) is 0 Å². The molecule has 0 aliphatic carbocycles. The molecule has 0 saturated carbocycles. The van der Waals surface area contributed by atoms with Crippen molar-refractivity contribution in [3.63, 3.8) is 0 Å². The molecule has 1 fully saturated rings. The predicted octanol–water partition coefficient (Wildman–Crippen LogP) is 2.58. The third-order valence-corrected chi connectivity index (χ3v) is 5.06. The van der Waals surface area contributed by atoms with Gasteiger partial charge in [0.25, 0.3) is 0 Å². The summed E-state index contributed by atoms with van der Waals surface area (Å²) in [4.78, 5) is 8.34. The third-order valence-electron chi connectivity index (χ3n) is 2.84. The first-order valence-electron chi connectivity index (χ1n) is 6.19. The number of nitrogens with one attached hydrogen (secondary N) is 1. The van der Waals surface area contributed by atoms with Crippen LogP contribution in [-0.2, 0) is 6.54 Å². The van der Waals surface area contributed by atoms with Crippen molar-refractivity contribution in [1.82, 2.24) is 10.3 Å². The van der Waals surface area contributed by atoms with Crippen LogP contribution in [0.5, 0.6) is 0 Å². The second kappa shape index (κ2) is 6.07. The second-order valence-electron chi connectivity index (χ2n) is 4.76. The quantitative estimate of drug-likeness (QED) is 0.911. The molecule has 1 atom stereocenters. The summed E-state index contributed by atoms with van der Waals surface area (Å²) < 4.78 is 0. The zero-order valence-electron chi connectivity index (χ0n) is 10.8. The van der Waals surface area contributed by atoms with E-state index in [0.29, 0.717) is 12.1 Å². The van der Waals surface area contributed by atoms with Crippen LogP contribution in [0.1, 0.15) is 25.6 Å². The number of thiazole rings is 1. The Morgan fingerprint density at radius 2 is 2.41 bits per heavy atom. The van der Waals surface area contributed by atoms with Gasteiger partial charge in [0.15, 0.2) is 5.13 Å².